The van der Waals surface area contributed by atoms with Crippen molar-refractivity contribution in [1.82, 2.24) is 14.7 Å². The molecule has 2 aliphatic rings. The second kappa shape index (κ2) is 6.22. The van der Waals surface area contributed by atoms with Crippen molar-refractivity contribution in [2.75, 3.05) is 0 Å². The summed E-state index contributed by atoms with van der Waals surface area (Å²) in [6, 6.07) is 7.28. The highest BCUT2D eigenvalue weighted by Gasteiger charge is 2.49. The van der Waals surface area contributed by atoms with E-state index in [4.69, 9.17) is 0 Å². The third kappa shape index (κ3) is 2.79. The molecule has 25 heavy (non-hydrogen) atoms. The average molecular weight is 343 g/mol. The molecular formula is C20H26FN3O. The van der Waals surface area contributed by atoms with Crippen molar-refractivity contribution in [3.05, 3.63) is 53.1 Å². The molecular weight excluding hydrogens is 317 g/mol. The Morgan fingerprint density at radius 1 is 1.24 bits per heavy atom. The summed E-state index contributed by atoms with van der Waals surface area (Å²) in [5.74, 6) is -0.294. The lowest BCUT2D eigenvalue weighted by molar-refractivity contribution is -0.0616. The lowest BCUT2D eigenvalue weighted by Gasteiger charge is -2.44. The Balaban J connectivity index is 1.56. The first-order chi connectivity index (χ1) is 12.0. The molecule has 1 aromatic carbocycles. The van der Waals surface area contributed by atoms with Gasteiger partial charge in [-0.05, 0) is 45.6 Å². The van der Waals surface area contributed by atoms with Gasteiger partial charge in [0, 0.05) is 42.0 Å². The highest BCUT2D eigenvalue weighted by atomic mass is 19.1. The minimum Gasteiger partial charge on any atom is -0.385 e. The zero-order chi connectivity index (χ0) is 17.6. The first kappa shape index (κ1) is 16.7. The number of fused-ring (bicyclic) bond motifs is 2. The van der Waals surface area contributed by atoms with Crippen LogP contribution in [0.15, 0.2) is 30.5 Å². The third-order valence-electron chi connectivity index (χ3n) is 6.15. The van der Waals surface area contributed by atoms with Gasteiger partial charge in [-0.25, -0.2) is 4.39 Å². The molecule has 0 radical (unpaired) electrons. The Labute approximate surface area is 148 Å². The van der Waals surface area contributed by atoms with Crippen LogP contribution in [0.4, 0.5) is 4.39 Å². The van der Waals surface area contributed by atoms with Gasteiger partial charge < -0.3 is 5.11 Å². The van der Waals surface area contributed by atoms with E-state index in [2.05, 4.69) is 23.8 Å². The highest BCUT2D eigenvalue weighted by molar-refractivity contribution is 5.27. The fourth-order valence-corrected chi connectivity index (χ4v) is 4.79. The Morgan fingerprint density at radius 3 is 2.52 bits per heavy atom. The molecule has 5 heteroatoms. The summed E-state index contributed by atoms with van der Waals surface area (Å²) >= 11 is 0. The number of halogens is 1. The van der Waals surface area contributed by atoms with Crippen LogP contribution in [0.3, 0.4) is 0 Å². The molecule has 3 heterocycles. The van der Waals surface area contributed by atoms with Crippen molar-refractivity contribution < 1.29 is 9.50 Å². The van der Waals surface area contributed by atoms with Crippen LogP contribution in [0.5, 0.6) is 0 Å². The van der Waals surface area contributed by atoms with Gasteiger partial charge in [0.15, 0.2) is 0 Å². The minimum absolute atomic E-state index is 0.294. The van der Waals surface area contributed by atoms with Gasteiger partial charge in [-0.15, -0.1) is 0 Å². The first-order valence-corrected chi connectivity index (χ1v) is 9.26. The van der Waals surface area contributed by atoms with Crippen LogP contribution in [-0.2, 0) is 18.7 Å². The summed E-state index contributed by atoms with van der Waals surface area (Å²) in [5.41, 5.74) is 1.89. The van der Waals surface area contributed by atoms with Gasteiger partial charge in [0.25, 0.3) is 0 Å². The van der Waals surface area contributed by atoms with Crippen molar-refractivity contribution in [2.45, 2.75) is 70.3 Å². The number of benzene rings is 1. The van der Waals surface area contributed by atoms with E-state index in [9.17, 15) is 9.50 Å². The fourth-order valence-electron chi connectivity index (χ4n) is 4.79. The molecule has 4 rings (SSSR count). The van der Waals surface area contributed by atoms with Gasteiger partial charge in [0.05, 0.1) is 11.8 Å². The van der Waals surface area contributed by atoms with Crippen LogP contribution in [0.2, 0.25) is 0 Å². The van der Waals surface area contributed by atoms with E-state index in [1.54, 1.807) is 12.1 Å². The molecule has 0 aliphatic carbocycles. The number of rotatable bonds is 4. The zero-order valence-electron chi connectivity index (χ0n) is 15.0. The summed E-state index contributed by atoms with van der Waals surface area (Å²) in [5, 5.41) is 15.7. The largest absolute Gasteiger partial charge is 0.385 e. The maximum Gasteiger partial charge on any atom is 0.129 e. The van der Waals surface area contributed by atoms with Crippen molar-refractivity contribution in [2.24, 2.45) is 0 Å². The van der Waals surface area contributed by atoms with Crippen molar-refractivity contribution in [3.8, 4) is 0 Å². The molecule has 2 saturated heterocycles. The Bertz CT molecular complexity index is 758. The number of aryl methyl sites for hydroxylation is 1. The maximum absolute atomic E-state index is 14.2. The van der Waals surface area contributed by atoms with Crippen LogP contribution < -0.4 is 0 Å². The lowest BCUT2D eigenvalue weighted by atomic mass is 9.80. The quantitative estimate of drug-likeness (QED) is 0.925. The van der Waals surface area contributed by atoms with E-state index < -0.39 is 5.60 Å². The molecule has 2 fully saturated rings. The number of aromatic nitrogens is 2. The van der Waals surface area contributed by atoms with Crippen molar-refractivity contribution in [3.63, 3.8) is 0 Å². The Hall–Kier alpha value is -1.72. The second-order valence-electron chi connectivity index (χ2n) is 7.55. The summed E-state index contributed by atoms with van der Waals surface area (Å²) < 4.78 is 16.3. The predicted molar refractivity (Wildman–Crippen MR) is 94.5 cm³/mol. The minimum atomic E-state index is -1.05. The van der Waals surface area contributed by atoms with Crippen LogP contribution in [-0.4, -0.2) is 31.9 Å². The standard InChI is InChI=1S/C20H26FN3O/c1-3-24-14(2)15(12-22-24)13-23-16-8-9-17(23)11-20(25,10-16)18-6-4-5-7-19(18)21/h4-7,12,16-17,25H,3,8-11,13H2,1-2H3/t16-,17-/m1/s1. The molecule has 1 N–H and O–H groups in total. The molecule has 0 spiro atoms. The first-order valence-electron chi connectivity index (χ1n) is 9.26. The SMILES string of the molecule is CCn1ncc(CN2[C@@H]3CC[C@@H]2CC(O)(c2ccccc2F)C3)c1C. The van der Waals surface area contributed by atoms with E-state index in [1.165, 1.54) is 17.3 Å². The van der Waals surface area contributed by atoms with Gasteiger partial charge in [-0.3, -0.25) is 9.58 Å². The molecule has 2 atom stereocenters. The van der Waals surface area contributed by atoms with Crippen LogP contribution >= 0.6 is 0 Å². The molecule has 2 aliphatic heterocycles. The molecule has 2 bridgehead atoms. The summed E-state index contributed by atoms with van der Waals surface area (Å²) in [6.45, 7) is 5.97. The molecule has 0 unspecified atom stereocenters. The van der Waals surface area contributed by atoms with Gasteiger partial charge in [-0.2, -0.15) is 5.10 Å². The maximum atomic E-state index is 14.2. The summed E-state index contributed by atoms with van der Waals surface area (Å²) in [6.07, 6.45) is 5.32. The number of aliphatic hydroxyl groups is 1. The monoisotopic (exact) mass is 343 g/mol. The number of nitrogens with zero attached hydrogens (tertiary/aromatic N) is 3. The third-order valence-corrected chi connectivity index (χ3v) is 6.15. The van der Waals surface area contributed by atoms with Crippen molar-refractivity contribution in [1.29, 1.82) is 0 Å². The molecule has 2 aromatic rings. The molecule has 1 aromatic heterocycles. The van der Waals surface area contributed by atoms with E-state index in [1.807, 2.05) is 16.9 Å². The summed E-state index contributed by atoms with van der Waals surface area (Å²) in [7, 11) is 0. The predicted octanol–water partition coefficient (Wildman–Crippen LogP) is 3.37. The average Bonchev–Trinajstić information content (AvgIpc) is 3.06. The number of piperidine rings is 1. The van der Waals surface area contributed by atoms with Gasteiger partial charge >= 0.3 is 0 Å². The van der Waals surface area contributed by atoms with Gasteiger partial charge in [-0.1, -0.05) is 18.2 Å². The van der Waals surface area contributed by atoms with E-state index >= 15 is 0 Å². The number of hydrogen-bond donors (Lipinski definition) is 1. The molecule has 0 amide bonds. The van der Waals surface area contributed by atoms with E-state index in [-0.39, 0.29) is 5.82 Å². The van der Waals surface area contributed by atoms with E-state index in [0.717, 1.165) is 25.9 Å². The van der Waals surface area contributed by atoms with Gasteiger partial charge in [0.2, 0.25) is 0 Å². The second-order valence-corrected chi connectivity index (χ2v) is 7.55. The number of hydrogen-bond acceptors (Lipinski definition) is 3. The van der Waals surface area contributed by atoms with Crippen LogP contribution in [0.25, 0.3) is 0 Å². The van der Waals surface area contributed by atoms with E-state index in [0.29, 0.717) is 30.5 Å². The molecule has 0 saturated carbocycles. The zero-order valence-corrected chi connectivity index (χ0v) is 15.0. The molecule has 4 nitrogen and oxygen atoms in total. The normalized spacial score (nSPS) is 29.3. The summed E-state index contributed by atoms with van der Waals surface area (Å²) in [4.78, 5) is 2.50. The Morgan fingerprint density at radius 2 is 1.92 bits per heavy atom. The highest BCUT2D eigenvalue weighted by Crippen LogP contribution is 2.46. The molecule has 134 valence electrons. The van der Waals surface area contributed by atoms with Gasteiger partial charge in [0.1, 0.15) is 5.82 Å². The van der Waals surface area contributed by atoms with Crippen LogP contribution in [0.1, 0.15) is 49.4 Å². The smallest absolute Gasteiger partial charge is 0.129 e. The topological polar surface area (TPSA) is 41.3 Å². The lowest BCUT2D eigenvalue weighted by Crippen LogP contribution is -2.49. The van der Waals surface area contributed by atoms with Crippen molar-refractivity contribution >= 4 is 0 Å². The Kier molecular flexibility index (Phi) is 4.16. The van der Waals surface area contributed by atoms with Crippen LogP contribution in [0, 0.1) is 12.7 Å². The fraction of sp³-hybridized carbons (Fsp3) is 0.550.